The zero-order chi connectivity index (χ0) is 9.97. The molecule has 2 N–H and O–H groups in total. The Balaban J connectivity index is 2.46. The number of nitrogens with zero attached hydrogens (tertiary/aromatic N) is 1. The zero-order valence-corrected chi connectivity index (χ0v) is 8.12. The Bertz CT molecular complexity index is 451. The summed E-state index contributed by atoms with van der Waals surface area (Å²) in [6.45, 7) is 0. The molecular weight excluding hydrogens is 196 g/mol. The molecule has 0 aliphatic rings. The van der Waals surface area contributed by atoms with E-state index in [-0.39, 0.29) is 0 Å². The first-order valence-corrected chi connectivity index (χ1v) is 4.95. The summed E-state index contributed by atoms with van der Waals surface area (Å²) in [7, 11) is 0. The molecule has 2 rings (SSSR count). The summed E-state index contributed by atoms with van der Waals surface area (Å²) in [4.78, 5) is 15.1. The molecule has 3 nitrogen and oxygen atoms in total. The molecule has 0 unspecified atom stereocenters. The summed E-state index contributed by atoms with van der Waals surface area (Å²) >= 11 is 1.53. The van der Waals surface area contributed by atoms with Crippen molar-refractivity contribution >= 4 is 17.2 Å². The number of aromatic nitrogens is 1. The number of thiazole rings is 1. The molecular formula is C10H8N2OS. The van der Waals surface area contributed by atoms with Crippen LogP contribution in [0, 0.1) is 0 Å². The molecule has 0 spiro atoms. The third kappa shape index (κ3) is 1.65. The molecule has 0 aliphatic heterocycles. The van der Waals surface area contributed by atoms with Crippen LogP contribution >= 0.6 is 11.3 Å². The van der Waals surface area contributed by atoms with Crippen molar-refractivity contribution in [1.82, 2.24) is 4.98 Å². The largest absolute Gasteiger partial charge is 0.366 e. The molecule has 0 atom stereocenters. The molecule has 1 aromatic carbocycles. The van der Waals surface area contributed by atoms with E-state index in [1.54, 1.807) is 24.4 Å². The Morgan fingerprint density at radius 1 is 1.43 bits per heavy atom. The smallest absolute Gasteiger partial charge is 0.248 e. The van der Waals surface area contributed by atoms with Gasteiger partial charge in [0.2, 0.25) is 5.91 Å². The molecule has 2 aromatic rings. The highest BCUT2D eigenvalue weighted by molar-refractivity contribution is 7.13. The van der Waals surface area contributed by atoms with Gasteiger partial charge in [-0.05, 0) is 12.1 Å². The lowest BCUT2D eigenvalue weighted by Gasteiger charge is -1.98. The number of primary amides is 1. The van der Waals surface area contributed by atoms with Crippen LogP contribution < -0.4 is 5.73 Å². The number of amides is 1. The van der Waals surface area contributed by atoms with Crippen molar-refractivity contribution in [2.24, 2.45) is 5.73 Å². The minimum atomic E-state index is -0.414. The Hall–Kier alpha value is -1.68. The van der Waals surface area contributed by atoms with Gasteiger partial charge in [-0.25, -0.2) is 4.98 Å². The first-order valence-electron chi connectivity index (χ1n) is 4.07. The second kappa shape index (κ2) is 3.59. The Labute approximate surface area is 85.2 Å². The van der Waals surface area contributed by atoms with Crippen LogP contribution in [0.4, 0.5) is 0 Å². The SMILES string of the molecule is NC(=O)c1cccc(-c2nccs2)c1. The average Bonchev–Trinajstić information content (AvgIpc) is 2.71. The first kappa shape index (κ1) is 8.90. The number of rotatable bonds is 2. The van der Waals surface area contributed by atoms with E-state index in [9.17, 15) is 4.79 Å². The minimum absolute atomic E-state index is 0.414. The van der Waals surface area contributed by atoms with Crippen molar-refractivity contribution in [1.29, 1.82) is 0 Å². The van der Waals surface area contributed by atoms with E-state index < -0.39 is 5.91 Å². The number of carbonyl (C=O) groups is 1. The van der Waals surface area contributed by atoms with Crippen LogP contribution in [0.2, 0.25) is 0 Å². The van der Waals surface area contributed by atoms with Gasteiger partial charge in [0.15, 0.2) is 0 Å². The van der Waals surface area contributed by atoms with Gasteiger partial charge >= 0.3 is 0 Å². The summed E-state index contributed by atoms with van der Waals surface area (Å²) in [6.07, 6.45) is 1.73. The molecule has 0 aliphatic carbocycles. The van der Waals surface area contributed by atoms with Crippen molar-refractivity contribution in [2.75, 3.05) is 0 Å². The van der Waals surface area contributed by atoms with Crippen LogP contribution in [0.1, 0.15) is 10.4 Å². The van der Waals surface area contributed by atoms with Crippen LogP contribution in [-0.4, -0.2) is 10.9 Å². The van der Waals surface area contributed by atoms with Crippen molar-refractivity contribution in [3.8, 4) is 10.6 Å². The molecule has 1 heterocycles. The summed E-state index contributed by atoms with van der Waals surface area (Å²) in [6, 6.07) is 7.16. The van der Waals surface area contributed by atoms with E-state index in [2.05, 4.69) is 4.98 Å². The lowest BCUT2D eigenvalue weighted by Crippen LogP contribution is -2.10. The van der Waals surface area contributed by atoms with Gasteiger partial charge < -0.3 is 5.73 Å². The molecule has 0 saturated carbocycles. The minimum Gasteiger partial charge on any atom is -0.366 e. The molecule has 1 amide bonds. The third-order valence-corrected chi connectivity index (χ3v) is 2.65. The molecule has 0 saturated heterocycles. The summed E-state index contributed by atoms with van der Waals surface area (Å²) in [5.74, 6) is -0.414. The molecule has 1 aromatic heterocycles. The lowest BCUT2D eigenvalue weighted by molar-refractivity contribution is 0.100. The number of nitrogens with two attached hydrogens (primary N) is 1. The number of hydrogen-bond donors (Lipinski definition) is 1. The number of benzene rings is 1. The predicted octanol–water partition coefficient (Wildman–Crippen LogP) is 1.91. The summed E-state index contributed by atoms with van der Waals surface area (Å²) < 4.78 is 0. The summed E-state index contributed by atoms with van der Waals surface area (Å²) in [5.41, 5.74) is 6.62. The maximum Gasteiger partial charge on any atom is 0.248 e. The number of carbonyl (C=O) groups excluding carboxylic acids is 1. The predicted molar refractivity (Wildman–Crippen MR) is 56.1 cm³/mol. The molecule has 14 heavy (non-hydrogen) atoms. The highest BCUT2D eigenvalue weighted by atomic mass is 32.1. The highest BCUT2D eigenvalue weighted by Gasteiger charge is 2.04. The van der Waals surface area contributed by atoms with Crippen LogP contribution in [0.3, 0.4) is 0 Å². The van der Waals surface area contributed by atoms with Crippen LogP contribution in [-0.2, 0) is 0 Å². The zero-order valence-electron chi connectivity index (χ0n) is 7.31. The standard InChI is InChI=1S/C10H8N2OS/c11-9(13)7-2-1-3-8(6-7)10-12-4-5-14-10/h1-6H,(H2,11,13). The molecule has 70 valence electrons. The normalized spacial score (nSPS) is 10.0. The van der Waals surface area contributed by atoms with Gasteiger partial charge in [0.05, 0.1) is 0 Å². The van der Waals surface area contributed by atoms with Crippen molar-refractivity contribution in [3.05, 3.63) is 41.4 Å². The van der Waals surface area contributed by atoms with E-state index in [1.165, 1.54) is 11.3 Å². The van der Waals surface area contributed by atoms with Gasteiger partial charge in [0.1, 0.15) is 5.01 Å². The van der Waals surface area contributed by atoms with Crippen LogP contribution in [0.25, 0.3) is 10.6 Å². The van der Waals surface area contributed by atoms with E-state index in [0.29, 0.717) is 5.56 Å². The average molecular weight is 204 g/mol. The monoisotopic (exact) mass is 204 g/mol. The van der Waals surface area contributed by atoms with E-state index in [4.69, 9.17) is 5.73 Å². The van der Waals surface area contributed by atoms with Crippen molar-refractivity contribution in [3.63, 3.8) is 0 Å². The maximum atomic E-state index is 10.9. The van der Waals surface area contributed by atoms with Gasteiger partial charge in [0.25, 0.3) is 0 Å². The Kier molecular flexibility index (Phi) is 2.28. The topological polar surface area (TPSA) is 56.0 Å². The molecule has 0 fully saturated rings. The first-order chi connectivity index (χ1) is 6.77. The fourth-order valence-electron chi connectivity index (χ4n) is 1.17. The summed E-state index contributed by atoms with van der Waals surface area (Å²) in [5, 5.41) is 2.79. The third-order valence-electron chi connectivity index (χ3n) is 1.83. The second-order valence-corrected chi connectivity index (χ2v) is 3.68. The quantitative estimate of drug-likeness (QED) is 0.812. The number of hydrogen-bond acceptors (Lipinski definition) is 3. The van der Waals surface area contributed by atoms with E-state index in [1.807, 2.05) is 11.4 Å². The van der Waals surface area contributed by atoms with Crippen LogP contribution in [0.15, 0.2) is 35.8 Å². The van der Waals surface area contributed by atoms with Crippen molar-refractivity contribution in [2.45, 2.75) is 0 Å². The Morgan fingerprint density at radius 2 is 2.29 bits per heavy atom. The van der Waals surface area contributed by atoms with Gasteiger partial charge in [-0.15, -0.1) is 11.3 Å². The van der Waals surface area contributed by atoms with E-state index in [0.717, 1.165) is 10.6 Å². The fraction of sp³-hybridized carbons (Fsp3) is 0. The molecule has 0 bridgehead atoms. The fourth-order valence-corrected chi connectivity index (χ4v) is 1.81. The van der Waals surface area contributed by atoms with Gasteiger partial charge in [-0.3, -0.25) is 4.79 Å². The van der Waals surface area contributed by atoms with Gasteiger partial charge in [-0.1, -0.05) is 12.1 Å². The van der Waals surface area contributed by atoms with Gasteiger partial charge in [0, 0.05) is 22.7 Å². The lowest BCUT2D eigenvalue weighted by atomic mass is 10.1. The maximum absolute atomic E-state index is 10.9. The molecule has 4 heteroatoms. The van der Waals surface area contributed by atoms with Gasteiger partial charge in [-0.2, -0.15) is 0 Å². The second-order valence-electron chi connectivity index (χ2n) is 2.78. The highest BCUT2D eigenvalue weighted by Crippen LogP contribution is 2.22. The Morgan fingerprint density at radius 3 is 2.93 bits per heavy atom. The van der Waals surface area contributed by atoms with Crippen LogP contribution in [0.5, 0.6) is 0 Å². The van der Waals surface area contributed by atoms with Crippen molar-refractivity contribution < 1.29 is 4.79 Å². The molecule has 0 radical (unpaired) electrons. The van der Waals surface area contributed by atoms with E-state index >= 15 is 0 Å².